The molecule has 0 saturated heterocycles. The van der Waals surface area contributed by atoms with Gasteiger partial charge in [0.2, 0.25) is 5.95 Å². The lowest BCUT2D eigenvalue weighted by molar-refractivity contribution is 0.208. The first kappa shape index (κ1) is 11.5. The Labute approximate surface area is 110 Å². The molecule has 1 aromatic heterocycles. The van der Waals surface area contributed by atoms with Crippen molar-refractivity contribution in [1.29, 1.82) is 0 Å². The lowest BCUT2D eigenvalue weighted by atomic mass is 10.3. The van der Waals surface area contributed by atoms with Gasteiger partial charge in [0.1, 0.15) is 0 Å². The van der Waals surface area contributed by atoms with Crippen molar-refractivity contribution in [2.75, 3.05) is 5.32 Å². The van der Waals surface area contributed by atoms with Crippen LogP contribution in [0, 0.1) is 0 Å². The van der Waals surface area contributed by atoms with Crippen LogP contribution in [-0.2, 0) is 13.1 Å². The summed E-state index contributed by atoms with van der Waals surface area (Å²) in [6, 6.07) is 9.25. The monoisotopic (exact) mass is 255 g/mol. The molecule has 0 radical (unpaired) electrons. The summed E-state index contributed by atoms with van der Waals surface area (Å²) in [5.74, 6) is 0.524. The number of primary amides is 1. The molecule has 96 valence electrons. The van der Waals surface area contributed by atoms with Gasteiger partial charge in [-0.05, 0) is 12.1 Å². The Morgan fingerprint density at radius 1 is 1.26 bits per heavy atom. The molecule has 3 N–H and O–H groups in total. The summed E-state index contributed by atoms with van der Waals surface area (Å²) in [4.78, 5) is 21.3. The van der Waals surface area contributed by atoms with Crippen molar-refractivity contribution in [3.63, 3.8) is 0 Å². The van der Waals surface area contributed by atoms with Gasteiger partial charge in [-0.15, -0.1) is 0 Å². The molecule has 2 amide bonds. The highest BCUT2D eigenvalue weighted by molar-refractivity contribution is 5.72. The average molecular weight is 255 g/mol. The quantitative estimate of drug-likeness (QED) is 0.854. The lowest BCUT2D eigenvalue weighted by Crippen LogP contribution is -2.30. The zero-order valence-electron chi connectivity index (χ0n) is 10.2. The molecule has 3 rings (SSSR count). The van der Waals surface area contributed by atoms with Crippen molar-refractivity contribution in [2.45, 2.75) is 13.1 Å². The Kier molecular flexibility index (Phi) is 2.75. The Morgan fingerprint density at radius 2 is 2.05 bits per heavy atom. The Morgan fingerprint density at radius 3 is 2.79 bits per heavy atom. The van der Waals surface area contributed by atoms with Crippen LogP contribution in [0.15, 0.2) is 36.5 Å². The number of para-hydroxylation sites is 1. The molecule has 6 nitrogen and oxygen atoms in total. The van der Waals surface area contributed by atoms with Gasteiger partial charge in [0.25, 0.3) is 0 Å². The molecule has 0 saturated carbocycles. The Balaban J connectivity index is 1.80. The number of aromatic nitrogens is 2. The molecular weight excluding hydrogens is 242 g/mol. The van der Waals surface area contributed by atoms with E-state index in [4.69, 9.17) is 5.73 Å². The maximum Gasteiger partial charge on any atom is 0.315 e. The van der Waals surface area contributed by atoms with Crippen molar-refractivity contribution in [1.82, 2.24) is 14.9 Å². The van der Waals surface area contributed by atoms with Crippen LogP contribution in [0.4, 0.5) is 16.4 Å². The smallest absolute Gasteiger partial charge is 0.315 e. The van der Waals surface area contributed by atoms with E-state index in [0.717, 1.165) is 16.9 Å². The summed E-state index contributed by atoms with van der Waals surface area (Å²) < 4.78 is 0. The van der Waals surface area contributed by atoms with E-state index >= 15 is 0 Å². The SMILES string of the molecule is NC(=O)N1Cc2cnc(Nc3ccccc3)nc2C1. The van der Waals surface area contributed by atoms with Gasteiger partial charge < -0.3 is 16.0 Å². The molecule has 0 unspecified atom stereocenters. The fourth-order valence-corrected chi connectivity index (χ4v) is 2.02. The number of hydrogen-bond donors (Lipinski definition) is 2. The fraction of sp³-hybridized carbons (Fsp3) is 0.154. The summed E-state index contributed by atoms with van der Waals surface area (Å²) in [7, 11) is 0. The number of carbonyl (C=O) groups is 1. The molecule has 0 spiro atoms. The topological polar surface area (TPSA) is 84.1 Å². The molecule has 1 aromatic carbocycles. The number of rotatable bonds is 2. The third-order valence-electron chi connectivity index (χ3n) is 3.00. The van der Waals surface area contributed by atoms with Crippen molar-refractivity contribution >= 4 is 17.7 Å². The van der Waals surface area contributed by atoms with Crippen LogP contribution in [0.3, 0.4) is 0 Å². The van der Waals surface area contributed by atoms with Gasteiger partial charge in [-0.3, -0.25) is 0 Å². The maximum absolute atomic E-state index is 11.1. The molecule has 0 aliphatic carbocycles. The standard InChI is InChI=1S/C13H13N5O/c14-12(19)18-7-9-6-15-13(17-11(9)8-18)16-10-4-2-1-3-5-10/h1-6H,7-8H2,(H2,14,19)(H,15,16,17). The number of carbonyl (C=O) groups excluding carboxylic acids is 1. The predicted molar refractivity (Wildman–Crippen MR) is 70.6 cm³/mol. The molecule has 0 fully saturated rings. The molecule has 1 aliphatic rings. The van der Waals surface area contributed by atoms with Gasteiger partial charge in [0.15, 0.2) is 0 Å². The maximum atomic E-state index is 11.1. The number of fused-ring (bicyclic) bond motifs is 1. The van der Waals surface area contributed by atoms with Crippen LogP contribution in [-0.4, -0.2) is 20.9 Å². The second-order valence-electron chi connectivity index (χ2n) is 4.35. The van der Waals surface area contributed by atoms with E-state index in [0.29, 0.717) is 19.0 Å². The molecular formula is C13H13N5O. The highest BCUT2D eigenvalue weighted by atomic mass is 16.2. The third-order valence-corrected chi connectivity index (χ3v) is 3.00. The van der Waals surface area contributed by atoms with E-state index in [-0.39, 0.29) is 0 Å². The van der Waals surface area contributed by atoms with Crippen LogP contribution in [0.25, 0.3) is 0 Å². The van der Waals surface area contributed by atoms with Crippen LogP contribution in [0.2, 0.25) is 0 Å². The molecule has 6 heteroatoms. The molecule has 0 atom stereocenters. The van der Waals surface area contributed by atoms with Crippen LogP contribution in [0.1, 0.15) is 11.3 Å². The first-order chi connectivity index (χ1) is 9.22. The molecule has 2 heterocycles. The second kappa shape index (κ2) is 4.56. The van der Waals surface area contributed by atoms with Crippen LogP contribution in [0.5, 0.6) is 0 Å². The van der Waals surface area contributed by atoms with Gasteiger partial charge in [0.05, 0.1) is 18.8 Å². The van der Waals surface area contributed by atoms with Gasteiger partial charge in [-0.25, -0.2) is 14.8 Å². The highest BCUT2D eigenvalue weighted by Gasteiger charge is 2.23. The number of amides is 2. The number of benzene rings is 1. The molecule has 19 heavy (non-hydrogen) atoms. The van der Waals surface area contributed by atoms with E-state index in [9.17, 15) is 4.79 Å². The van der Waals surface area contributed by atoms with E-state index in [1.807, 2.05) is 30.3 Å². The molecule has 1 aliphatic heterocycles. The van der Waals surface area contributed by atoms with E-state index < -0.39 is 6.03 Å². The first-order valence-electron chi connectivity index (χ1n) is 5.93. The van der Waals surface area contributed by atoms with Crippen molar-refractivity contribution in [3.05, 3.63) is 47.8 Å². The number of hydrogen-bond acceptors (Lipinski definition) is 4. The number of nitrogens with two attached hydrogens (primary N) is 1. The zero-order chi connectivity index (χ0) is 13.2. The normalized spacial score (nSPS) is 13.2. The number of anilines is 2. The summed E-state index contributed by atoms with van der Waals surface area (Å²) in [6.45, 7) is 0.924. The number of urea groups is 1. The summed E-state index contributed by atoms with van der Waals surface area (Å²) in [6.07, 6.45) is 1.73. The van der Waals surface area contributed by atoms with Crippen LogP contribution < -0.4 is 11.1 Å². The summed E-state index contributed by atoms with van der Waals surface area (Å²) in [5, 5.41) is 3.12. The van der Waals surface area contributed by atoms with E-state index in [1.54, 1.807) is 6.20 Å². The summed E-state index contributed by atoms with van der Waals surface area (Å²) in [5.41, 5.74) is 7.97. The zero-order valence-corrected chi connectivity index (χ0v) is 10.2. The average Bonchev–Trinajstić information content (AvgIpc) is 2.83. The minimum absolute atomic E-state index is 0.435. The molecule has 0 bridgehead atoms. The predicted octanol–water partition coefficient (Wildman–Crippen LogP) is 1.61. The number of nitrogens with zero attached hydrogens (tertiary/aromatic N) is 3. The lowest BCUT2D eigenvalue weighted by Gasteiger charge is -2.09. The van der Waals surface area contributed by atoms with E-state index in [1.165, 1.54) is 4.90 Å². The highest BCUT2D eigenvalue weighted by Crippen LogP contribution is 2.22. The fourth-order valence-electron chi connectivity index (χ4n) is 2.02. The molecule has 2 aromatic rings. The summed E-state index contributed by atoms with van der Waals surface area (Å²) >= 11 is 0. The largest absolute Gasteiger partial charge is 0.351 e. The first-order valence-corrected chi connectivity index (χ1v) is 5.93. The Bertz CT molecular complexity index is 614. The van der Waals surface area contributed by atoms with Gasteiger partial charge in [0, 0.05) is 17.4 Å². The van der Waals surface area contributed by atoms with Gasteiger partial charge in [-0.1, -0.05) is 18.2 Å². The minimum atomic E-state index is -0.435. The minimum Gasteiger partial charge on any atom is -0.351 e. The second-order valence-corrected chi connectivity index (χ2v) is 4.35. The third kappa shape index (κ3) is 2.33. The van der Waals surface area contributed by atoms with Crippen molar-refractivity contribution < 1.29 is 4.79 Å². The van der Waals surface area contributed by atoms with Crippen molar-refractivity contribution in [3.8, 4) is 0 Å². The van der Waals surface area contributed by atoms with Gasteiger partial charge >= 0.3 is 6.03 Å². The van der Waals surface area contributed by atoms with Crippen molar-refractivity contribution in [2.24, 2.45) is 5.73 Å². The van der Waals surface area contributed by atoms with E-state index in [2.05, 4.69) is 15.3 Å². The van der Waals surface area contributed by atoms with Gasteiger partial charge in [-0.2, -0.15) is 0 Å². The number of nitrogens with one attached hydrogen (secondary N) is 1. The van der Waals surface area contributed by atoms with Crippen LogP contribution >= 0.6 is 0 Å². The Hall–Kier alpha value is -2.63.